The molecule has 0 spiro atoms. The van der Waals surface area contributed by atoms with Crippen molar-refractivity contribution < 1.29 is 14.3 Å². The van der Waals surface area contributed by atoms with Gasteiger partial charge in [-0.2, -0.15) is 5.10 Å². The van der Waals surface area contributed by atoms with Gasteiger partial charge >= 0.3 is 0 Å². The molecule has 0 aliphatic heterocycles. The summed E-state index contributed by atoms with van der Waals surface area (Å²) in [5.41, 5.74) is 0.657. The molecular weight excluding hydrogens is 268 g/mol. The minimum atomic E-state index is -0.850. The normalized spacial score (nSPS) is 22.3. The van der Waals surface area contributed by atoms with Crippen LogP contribution >= 0.6 is 0 Å². The Kier molecular flexibility index (Phi) is 3.76. The molecule has 1 aliphatic rings. The molecular formula is C16H22N2O3. The van der Waals surface area contributed by atoms with Crippen molar-refractivity contribution in [2.24, 2.45) is 5.92 Å². The molecule has 1 fully saturated rings. The molecule has 2 aromatic heterocycles. The Morgan fingerprint density at radius 1 is 1.52 bits per heavy atom. The number of hydrogen-bond donors (Lipinski definition) is 1. The first-order valence-electron chi connectivity index (χ1n) is 7.53. The number of rotatable bonds is 6. The van der Waals surface area contributed by atoms with Gasteiger partial charge in [-0.25, -0.2) is 0 Å². The maximum absolute atomic E-state index is 10.6. The number of nitrogens with zero attached hydrogens (tertiary/aromatic N) is 2. The molecule has 1 aliphatic carbocycles. The van der Waals surface area contributed by atoms with Crippen molar-refractivity contribution in [3.8, 4) is 5.75 Å². The van der Waals surface area contributed by atoms with E-state index in [-0.39, 0.29) is 0 Å². The number of aliphatic hydroxyl groups is 1. The molecule has 5 nitrogen and oxygen atoms in total. The number of aryl methyl sites for hydroxylation is 1. The highest BCUT2D eigenvalue weighted by Gasteiger charge is 2.37. The zero-order valence-corrected chi connectivity index (χ0v) is 12.7. The molecule has 0 saturated heterocycles. The van der Waals surface area contributed by atoms with Crippen LogP contribution in [0.5, 0.6) is 5.75 Å². The molecule has 0 radical (unpaired) electrons. The van der Waals surface area contributed by atoms with Gasteiger partial charge in [0, 0.05) is 12.5 Å². The zero-order valence-electron chi connectivity index (χ0n) is 12.7. The van der Waals surface area contributed by atoms with Crippen LogP contribution in [-0.4, -0.2) is 22.0 Å². The summed E-state index contributed by atoms with van der Waals surface area (Å²) in [6, 6.07) is 3.83. The van der Waals surface area contributed by atoms with Gasteiger partial charge in [0.15, 0.2) is 11.9 Å². The van der Waals surface area contributed by atoms with Gasteiger partial charge in [-0.05, 0) is 30.9 Å². The van der Waals surface area contributed by atoms with Gasteiger partial charge in [0.25, 0.3) is 0 Å². The third kappa shape index (κ3) is 2.58. The third-order valence-corrected chi connectivity index (χ3v) is 4.15. The highest BCUT2D eigenvalue weighted by Crippen LogP contribution is 2.48. The summed E-state index contributed by atoms with van der Waals surface area (Å²) in [5, 5.41) is 14.9. The molecule has 21 heavy (non-hydrogen) atoms. The maximum atomic E-state index is 10.6. The van der Waals surface area contributed by atoms with Gasteiger partial charge in [0.1, 0.15) is 17.2 Å². The van der Waals surface area contributed by atoms with E-state index in [0.29, 0.717) is 29.0 Å². The van der Waals surface area contributed by atoms with Crippen LogP contribution < -0.4 is 4.74 Å². The summed E-state index contributed by atoms with van der Waals surface area (Å²) in [4.78, 5) is 0. The summed E-state index contributed by atoms with van der Waals surface area (Å²) in [5.74, 6) is 3.31. The highest BCUT2D eigenvalue weighted by molar-refractivity contribution is 5.32. The van der Waals surface area contributed by atoms with Crippen molar-refractivity contribution in [2.45, 2.75) is 45.3 Å². The Bertz CT molecular complexity index is 617. The van der Waals surface area contributed by atoms with Crippen molar-refractivity contribution in [3.63, 3.8) is 0 Å². The van der Waals surface area contributed by atoms with Gasteiger partial charge in [-0.3, -0.25) is 4.68 Å². The quantitative estimate of drug-likeness (QED) is 0.888. The zero-order chi connectivity index (χ0) is 15.0. The summed E-state index contributed by atoms with van der Waals surface area (Å²) >= 11 is 0. The molecule has 5 heteroatoms. The van der Waals surface area contributed by atoms with Gasteiger partial charge in [0.05, 0.1) is 13.3 Å². The second-order valence-corrected chi connectivity index (χ2v) is 5.78. The lowest BCUT2D eigenvalue weighted by Gasteiger charge is -2.12. The molecule has 0 amide bonds. The fraction of sp³-hybridized carbons (Fsp3) is 0.562. The Labute approximate surface area is 124 Å². The minimum Gasteiger partial charge on any atom is -0.493 e. The van der Waals surface area contributed by atoms with E-state index >= 15 is 0 Å². The van der Waals surface area contributed by atoms with Crippen LogP contribution in [0, 0.1) is 5.92 Å². The van der Waals surface area contributed by atoms with Crippen LogP contribution in [0.2, 0.25) is 0 Å². The van der Waals surface area contributed by atoms with Gasteiger partial charge in [0.2, 0.25) is 0 Å². The van der Waals surface area contributed by atoms with E-state index in [9.17, 15) is 5.11 Å². The first kappa shape index (κ1) is 14.2. The van der Waals surface area contributed by atoms with Crippen LogP contribution in [0.3, 0.4) is 0 Å². The summed E-state index contributed by atoms with van der Waals surface area (Å²) < 4.78 is 12.9. The molecule has 0 aromatic carbocycles. The van der Waals surface area contributed by atoms with E-state index < -0.39 is 6.10 Å². The monoisotopic (exact) mass is 290 g/mol. The molecule has 3 rings (SSSR count). The van der Waals surface area contributed by atoms with Crippen LogP contribution in [0.15, 0.2) is 22.7 Å². The summed E-state index contributed by atoms with van der Waals surface area (Å²) in [6.45, 7) is 5.02. The Hall–Kier alpha value is -1.75. The standard InChI is InChI=1S/C16H22N2O3/c1-4-7-18-15(14(20-3)9-17-18)16(19)13-6-5-12(21-13)11-8-10(11)2/h5-6,9-11,16,19H,4,7-8H2,1-3H3. The van der Waals surface area contributed by atoms with Crippen molar-refractivity contribution in [1.29, 1.82) is 0 Å². The summed E-state index contributed by atoms with van der Waals surface area (Å²) in [6.07, 6.45) is 2.89. The van der Waals surface area contributed by atoms with E-state index in [4.69, 9.17) is 9.15 Å². The molecule has 3 atom stereocenters. The largest absolute Gasteiger partial charge is 0.493 e. The smallest absolute Gasteiger partial charge is 0.163 e. The van der Waals surface area contributed by atoms with Crippen LogP contribution in [-0.2, 0) is 6.54 Å². The fourth-order valence-electron chi connectivity index (χ4n) is 2.77. The first-order chi connectivity index (χ1) is 10.2. The maximum Gasteiger partial charge on any atom is 0.163 e. The van der Waals surface area contributed by atoms with Gasteiger partial charge in [-0.1, -0.05) is 13.8 Å². The lowest BCUT2D eigenvalue weighted by Crippen LogP contribution is -2.10. The Balaban J connectivity index is 1.88. The molecule has 1 N–H and O–H groups in total. The SMILES string of the molecule is CCCn1ncc(OC)c1C(O)c1ccc(C2CC2C)o1. The fourth-order valence-corrected chi connectivity index (χ4v) is 2.77. The van der Waals surface area contributed by atoms with Crippen molar-refractivity contribution in [1.82, 2.24) is 9.78 Å². The first-order valence-corrected chi connectivity index (χ1v) is 7.53. The highest BCUT2D eigenvalue weighted by atomic mass is 16.5. The molecule has 2 aromatic rings. The van der Waals surface area contributed by atoms with E-state index in [1.54, 1.807) is 18.0 Å². The Morgan fingerprint density at radius 2 is 2.29 bits per heavy atom. The van der Waals surface area contributed by atoms with Crippen molar-refractivity contribution in [3.05, 3.63) is 35.5 Å². The van der Waals surface area contributed by atoms with Gasteiger partial charge in [-0.15, -0.1) is 0 Å². The van der Waals surface area contributed by atoms with Crippen LogP contribution in [0.25, 0.3) is 0 Å². The van der Waals surface area contributed by atoms with E-state index in [1.165, 1.54) is 6.42 Å². The molecule has 0 bridgehead atoms. The van der Waals surface area contributed by atoms with Crippen molar-refractivity contribution in [2.75, 3.05) is 7.11 Å². The number of aliphatic hydroxyl groups excluding tert-OH is 1. The second-order valence-electron chi connectivity index (χ2n) is 5.78. The number of methoxy groups -OCH3 is 1. The lowest BCUT2D eigenvalue weighted by molar-refractivity contribution is 0.171. The van der Waals surface area contributed by atoms with E-state index in [0.717, 1.165) is 18.7 Å². The van der Waals surface area contributed by atoms with Crippen LogP contribution in [0.4, 0.5) is 0 Å². The average Bonchev–Trinajstić information content (AvgIpc) is 2.94. The number of hydrogen-bond acceptors (Lipinski definition) is 4. The average molecular weight is 290 g/mol. The van der Waals surface area contributed by atoms with Crippen LogP contribution in [0.1, 0.15) is 55.9 Å². The molecule has 1 saturated carbocycles. The van der Waals surface area contributed by atoms with Gasteiger partial charge < -0.3 is 14.3 Å². The number of aromatic nitrogens is 2. The molecule has 3 unspecified atom stereocenters. The van der Waals surface area contributed by atoms with Crippen molar-refractivity contribution >= 4 is 0 Å². The number of furan rings is 1. The second kappa shape index (κ2) is 5.56. The molecule has 114 valence electrons. The number of ether oxygens (including phenoxy) is 1. The minimum absolute atomic E-state index is 0.508. The summed E-state index contributed by atoms with van der Waals surface area (Å²) in [7, 11) is 1.59. The topological polar surface area (TPSA) is 60.4 Å². The predicted octanol–water partition coefficient (Wildman–Crippen LogP) is 3.10. The third-order valence-electron chi connectivity index (χ3n) is 4.15. The van der Waals surface area contributed by atoms with E-state index in [2.05, 4.69) is 18.9 Å². The molecule has 2 heterocycles. The van der Waals surface area contributed by atoms with E-state index in [1.807, 2.05) is 12.1 Å². The Morgan fingerprint density at radius 3 is 2.90 bits per heavy atom. The predicted molar refractivity (Wildman–Crippen MR) is 78.4 cm³/mol. The lowest BCUT2D eigenvalue weighted by atomic mass is 10.2.